The molecular weight excluding hydrogens is 422 g/mol. The topological polar surface area (TPSA) is 81.2 Å². The molecule has 2 saturated heterocycles. The fourth-order valence-electron chi connectivity index (χ4n) is 4.04. The summed E-state index contributed by atoms with van der Waals surface area (Å²) >= 11 is 3.63. The van der Waals surface area contributed by atoms with Crippen molar-refractivity contribution < 1.29 is 4.79 Å². The van der Waals surface area contributed by atoms with Crippen LogP contribution in [0.25, 0.3) is 0 Å². The van der Waals surface area contributed by atoms with Crippen LogP contribution in [0.2, 0.25) is 0 Å². The fraction of sp³-hybridized carbons (Fsp3) is 0.579. The monoisotopic (exact) mass is 447 g/mol. The van der Waals surface area contributed by atoms with Gasteiger partial charge in [-0.2, -0.15) is 5.21 Å². The number of tetrazole rings is 1. The van der Waals surface area contributed by atoms with E-state index in [0.29, 0.717) is 18.3 Å². The molecule has 8 nitrogen and oxygen atoms in total. The number of carbonyl (C=O) groups is 1. The number of likely N-dealkylation sites (tertiary alicyclic amines) is 1. The standard InChI is InChI=1S/C19H26BrN7O/c20-17-4-2-1-3-16(17)13-26-9-11-27(12-10-26)19(28)15-5-7-25(8-6-15)14-18-21-23-24-22-18/h1-4,15H,5-14H2,(H,21,22,23,24). The molecule has 1 aromatic heterocycles. The molecule has 2 aliphatic heterocycles. The summed E-state index contributed by atoms with van der Waals surface area (Å²) in [6, 6.07) is 8.35. The first-order chi connectivity index (χ1) is 13.7. The summed E-state index contributed by atoms with van der Waals surface area (Å²) in [5.74, 6) is 1.20. The molecule has 1 N–H and O–H groups in total. The number of nitrogens with zero attached hydrogens (tertiary/aromatic N) is 6. The van der Waals surface area contributed by atoms with Crippen molar-refractivity contribution in [1.82, 2.24) is 35.3 Å². The Morgan fingerprint density at radius 2 is 1.75 bits per heavy atom. The Hall–Kier alpha value is -1.84. The van der Waals surface area contributed by atoms with Crippen molar-refractivity contribution in [3.05, 3.63) is 40.1 Å². The van der Waals surface area contributed by atoms with Gasteiger partial charge in [0, 0.05) is 43.1 Å². The van der Waals surface area contributed by atoms with Gasteiger partial charge in [-0.1, -0.05) is 39.3 Å². The predicted molar refractivity (Wildman–Crippen MR) is 108 cm³/mol. The first kappa shape index (κ1) is 19.5. The normalized spacial score (nSPS) is 19.8. The van der Waals surface area contributed by atoms with Crippen LogP contribution in [0.5, 0.6) is 0 Å². The Kier molecular flexibility index (Phi) is 6.33. The van der Waals surface area contributed by atoms with Crippen molar-refractivity contribution in [3.8, 4) is 0 Å². The summed E-state index contributed by atoms with van der Waals surface area (Å²) in [6.07, 6.45) is 1.82. The average Bonchev–Trinajstić information content (AvgIpc) is 3.23. The molecule has 2 aromatic rings. The Morgan fingerprint density at radius 3 is 2.43 bits per heavy atom. The number of H-pyrrole nitrogens is 1. The molecule has 150 valence electrons. The van der Waals surface area contributed by atoms with Gasteiger partial charge in [0.05, 0.1) is 6.54 Å². The van der Waals surface area contributed by atoms with Gasteiger partial charge in [-0.05, 0) is 37.6 Å². The number of benzene rings is 1. The van der Waals surface area contributed by atoms with Crippen LogP contribution in [-0.4, -0.2) is 80.5 Å². The molecule has 0 atom stereocenters. The van der Waals surface area contributed by atoms with Crippen molar-refractivity contribution in [2.75, 3.05) is 39.3 Å². The van der Waals surface area contributed by atoms with Crippen LogP contribution in [0.1, 0.15) is 24.2 Å². The second-order valence-corrected chi connectivity index (χ2v) is 8.43. The van der Waals surface area contributed by atoms with E-state index in [1.165, 1.54) is 5.56 Å². The lowest BCUT2D eigenvalue weighted by molar-refractivity contribution is -0.139. The highest BCUT2D eigenvalue weighted by Crippen LogP contribution is 2.22. The number of piperazine rings is 1. The van der Waals surface area contributed by atoms with Crippen molar-refractivity contribution >= 4 is 21.8 Å². The Morgan fingerprint density at radius 1 is 1.04 bits per heavy atom. The van der Waals surface area contributed by atoms with Gasteiger partial charge in [-0.25, -0.2) is 0 Å². The van der Waals surface area contributed by atoms with Crippen LogP contribution in [0.15, 0.2) is 28.7 Å². The number of aromatic amines is 1. The number of amides is 1. The Balaban J connectivity index is 1.22. The summed E-state index contributed by atoms with van der Waals surface area (Å²) in [5, 5.41) is 14.1. The van der Waals surface area contributed by atoms with Gasteiger partial charge in [0.25, 0.3) is 0 Å². The van der Waals surface area contributed by atoms with Gasteiger partial charge >= 0.3 is 0 Å². The minimum Gasteiger partial charge on any atom is -0.340 e. The van der Waals surface area contributed by atoms with Gasteiger partial charge < -0.3 is 4.90 Å². The largest absolute Gasteiger partial charge is 0.340 e. The van der Waals surface area contributed by atoms with Crippen LogP contribution < -0.4 is 0 Å². The molecule has 0 unspecified atom stereocenters. The number of aromatic nitrogens is 4. The first-order valence-corrected chi connectivity index (χ1v) is 10.7. The minimum absolute atomic E-state index is 0.149. The lowest BCUT2D eigenvalue weighted by Gasteiger charge is -2.38. The molecule has 0 spiro atoms. The molecule has 2 fully saturated rings. The number of piperidine rings is 1. The van der Waals surface area contributed by atoms with E-state index < -0.39 is 0 Å². The SMILES string of the molecule is O=C(C1CCN(Cc2nn[nH]n2)CC1)N1CCN(Cc2ccccc2Br)CC1. The third kappa shape index (κ3) is 4.76. The number of nitrogens with one attached hydrogen (secondary N) is 1. The van der Waals surface area contributed by atoms with Crippen LogP contribution in [0.3, 0.4) is 0 Å². The second-order valence-electron chi connectivity index (χ2n) is 7.57. The van der Waals surface area contributed by atoms with Crippen molar-refractivity contribution in [3.63, 3.8) is 0 Å². The van der Waals surface area contributed by atoms with Gasteiger partial charge in [0.2, 0.25) is 5.91 Å². The van der Waals surface area contributed by atoms with Crippen molar-refractivity contribution in [2.45, 2.75) is 25.9 Å². The molecule has 1 aromatic carbocycles. The van der Waals surface area contributed by atoms with Gasteiger partial charge in [0.1, 0.15) is 0 Å². The Labute approximate surface area is 173 Å². The summed E-state index contributed by atoms with van der Waals surface area (Å²) in [5.41, 5.74) is 1.30. The zero-order valence-electron chi connectivity index (χ0n) is 15.9. The van der Waals surface area contributed by atoms with Gasteiger partial charge in [0.15, 0.2) is 5.82 Å². The van der Waals surface area contributed by atoms with E-state index in [-0.39, 0.29) is 5.92 Å². The maximum atomic E-state index is 12.9. The van der Waals surface area contributed by atoms with Crippen LogP contribution in [0, 0.1) is 5.92 Å². The summed E-state index contributed by atoms with van der Waals surface area (Å²) in [7, 11) is 0. The van der Waals surface area contributed by atoms with Crippen LogP contribution >= 0.6 is 15.9 Å². The number of hydrogen-bond acceptors (Lipinski definition) is 6. The molecule has 4 rings (SSSR count). The molecule has 28 heavy (non-hydrogen) atoms. The Bertz CT molecular complexity index is 768. The highest BCUT2D eigenvalue weighted by Gasteiger charge is 2.30. The quantitative estimate of drug-likeness (QED) is 0.747. The predicted octanol–water partition coefficient (Wildman–Crippen LogP) is 1.52. The second kappa shape index (κ2) is 9.11. The van der Waals surface area contributed by atoms with E-state index in [9.17, 15) is 4.79 Å². The highest BCUT2D eigenvalue weighted by molar-refractivity contribution is 9.10. The fourth-order valence-corrected chi connectivity index (χ4v) is 4.45. The van der Waals surface area contributed by atoms with Crippen molar-refractivity contribution in [2.24, 2.45) is 5.92 Å². The molecule has 3 heterocycles. The molecule has 2 aliphatic rings. The van der Waals surface area contributed by atoms with Gasteiger partial charge in [-0.15, -0.1) is 10.2 Å². The molecular formula is C19H26BrN7O. The van der Waals surface area contributed by atoms with E-state index in [1.807, 2.05) is 6.07 Å². The highest BCUT2D eigenvalue weighted by atomic mass is 79.9. The average molecular weight is 448 g/mol. The lowest BCUT2D eigenvalue weighted by atomic mass is 9.95. The number of halogens is 1. The minimum atomic E-state index is 0.149. The lowest BCUT2D eigenvalue weighted by Crippen LogP contribution is -2.51. The third-order valence-electron chi connectivity index (χ3n) is 5.73. The molecule has 1 amide bonds. The number of rotatable bonds is 5. The number of hydrogen-bond donors (Lipinski definition) is 1. The van der Waals surface area contributed by atoms with E-state index in [0.717, 1.165) is 63.1 Å². The zero-order valence-corrected chi connectivity index (χ0v) is 17.5. The third-order valence-corrected chi connectivity index (χ3v) is 6.50. The van der Waals surface area contributed by atoms with E-state index >= 15 is 0 Å². The summed E-state index contributed by atoms with van der Waals surface area (Å²) in [4.78, 5) is 19.7. The molecule has 9 heteroatoms. The van der Waals surface area contributed by atoms with E-state index in [1.54, 1.807) is 0 Å². The maximum Gasteiger partial charge on any atom is 0.225 e. The first-order valence-electron chi connectivity index (χ1n) is 9.88. The molecule has 0 saturated carbocycles. The van der Waals surface area contributed by atoms with Crippen molar-refractivity contribution in [1.29, 1.82) is 0 Å². The van der Waals surface area contributed by atoms with Crippen LogP contribution in [-0.2, 0) is 17.9 Å². The van der Waals surface area contributed by atoms with Crippen LogP contribution in [0.4, 0.5) is 0 Å². The molecule has 0 radical (unpaired) electrons. The molecule has 0 aliphatic carbocycles. The van der Waals surface area contributed by atoms with E-state index in [4.69, 9.17) is 0 Å². The smallest absolute Gasteiger partial charge is 0.225 e. The maximum absolute atomic E-state index is 12.9. The zero-order chi connectivity index (χ0) is 19.3. The summed E-state index contributed by atoms with van der Waals surface area (Å²) < 4.78 is 1.15. The van der Waals surface area contributed by atoms with E-state index in [2.05, 4.69) is 69.5 Å². The number of carbonyl (C=O) groups excluding carboxylic acids is 1. The summed E-state index contributed by atoms with van der Waals surface area (Å²) in [6.45, 7) is 6.97. The van der Waals surface area contributed by atoms with Gasteiger partial charge in [-0.3, -0.25) is 14.6 Å². The molecule has 0 bridgehead atoms.